The Bertz CT molecular complexity index is 2970. The van der Waals surface area contributed by atoms with Gasteiger partial charge in [-0.25, -0.2) is 0 Å². The van der Waals surface area contributed by atoms with Crippen LogP contribution in [0.3, 0.4) is 0 Å². The molecule has 0 radical (unpaired) electrons. The minimum atomic E-state index is -4.80. The summed E-state index contributed by atoms with van der Waals surface area (Å²) < 4.78 is 173. The molecule has 1 amide bonds. The van der Waals surface area contributed by atoms with E-state index in [1.807, 2.05) is 0 Å². The predicted molar refractivity (Wildman–Crippen MR) is 387 cm³/mol. The normalized spacial score (nSPS) is 11.9. The van der Waals surface area contributed by atoms with E-state index in [2.05, 4.69) is 5.32 Å². The van der Waals surface area contributed by atoms with Gasteiger partial charge in [0.25, 0.3) is 16.0 Å². The molecular formula is C72H117N3O31S. The number of nitrogens with two attached hydrogens (primary N) is 1. The molecule has 0 saturated carbocycles. The van der Waals surface area contributed by atoms with Crippen LogP contribution in [-0.4, -0.2) is 354 Å². The lowest BCUT2D eigenvalue weighted by Crippen LogP contribution is -2.27. The number of aliphatic carboxylic acids is 1. The number of amides is 1. The van der Waals surface area contributed by atoms with Crippen LogP contribution in [0.25, 0.3) is 33.4 Å². The van der Waals surface area contributed by atoms with Gasteiger partial charge in [-0.3, -0.25) is 14.1 Å². The SMILES string of the molecule is Cc1c2oc3c(S(=O)(=O)O)c(N)ccc3c(-c3cccc(C(=O)NCCOCCOCCOCCOCCOCCOCCOCCOCCOCCOCCOCCOCCOCCOCCOCCOCCOCCOCCOCCOCCOCCOCCOCCOCCC(=O)O)c3)c-2ccc1=N. The van der Waals surface area contributed by atoms with Gasteiger partial charge in [-0.1, -0.05) is 12.1 Å². The van der Waals surface area contributed by atoms with Crippen LogP contribution in [-0.2, 0) is 129 Å². The second-order valence-electron chi connectivity index (χ2n) is 22.6. The van der Waals surface area contributed by atoms with Gasteiger partial charge in [0.05, 0.1) is 335 Å². The summed E-state index contributed by atoms with van der Waals surface area (Å²) in [7, 11) is -4.80. The van der Waals surface area contributed by atoms with Crippen molar-refractivity contribution in [1.29, 1.82) is 5.41 Å². The van der Waals surface area contributed by atoms with Crippen molar-refractivity contribution in [2.75, 3.05) is 329 Å². The first-order chi connectivity index (χ1) is 52.5. The number of carboxylic acid groups (broad SMARTS) is 1. The van der Waals surface area contributed by atoms with Crippen LogP contribution in [0.2, 0.25) is 0 Å². The van der Waals surface area contributed by atoms with Crippen LogP contribution in [0.4, 0.5) is 5.69 Å². The van der Waals surface area contributed by atoms with E-state index in [-0.39, 0.29) is 54.5 Å². The number of hydrogen-bond donors (Lipinski definition) is 5. The summed E-state index contributed by atoms with van der Waals surface area (Å²) in [4.78, 5) is 23.0. The van der Waals surface area contributed by atoms with Crippen molar-refractivity contribution in [2.45, 2.75) is 18.2 Å². The second kappa shape index (κ2) is 65.5. The Morgan fingerprint density at radius 3 is 0.963 bits per heavy atom. The summed E-state index contributed by atoms with van der Waals surface area (Å²) in [5, 5.41) is 20.2. The Morgan fingerprint density at radius 1 is 0.402 bits per heavy atom. The number of carboxylic acids is 1. The van der Waals surface area contributed by atoms with Gasteiger partial charge in [0.15, 0.2) is 10.5 Å². The van der Waals surface area contributed by atoms with E-state index in [1.165, 1.54) is 6.07 Å². The fourth-order valence-corrected chi connectivity index (χ4v) is 9.95. The Hall–Kier alpha value is -5.18. The van der Waals surface area contributed by atoms with E-state index in [0.717, 1.165) is 0 Å². The zero-order chi connectivity index (χ0) is 76.4. The summed E-state index contributed by atoms with van der Waals surface area (Å²) >= 11 is 0. The first-order valence-corrected chi connectivity index (χ1v) is 37.7. The quantitative estimate of drug-likeness (QED) is 0.0183. The number of nitrogen functional groups attached to an aromatic ring is 1. The molecule has 0 unspecified atom stereocenters. The molecule has 612 valence electrons. The third kappa shape index (κ3) is 48.3. The maximum absolute atomic E-state index is 13.2. The number of hydrogen-bond acceptors (Lipinski definition) is 31. The molecule has 0 aromatic heterocycles. The fraction of sp³-hybridized carbons (Fsp3) is 0.708. The lowest BCUT2D eigenvalue weighted by Gasteiger charge is -2.19. The van der Waals surface area contributed by atoms with E-state index >= 15 is 0 Å². The van der Waals surface area contributed by atoms with Crippen LogP contribution in [0, 0.1) is 12.3 Å². The van der Waals surface area contributed by atoms with Gasteiger partial charge in [0.1, 0.15) is 5.76 Å². The smallest absolute Gasteiger partial charge is 0.305 e. The number of benzene rings is 3. The van der Waals surface area contributed by atoms with E-state index in [4.69, 9.17) is 134 Å². The van der Waals surface area contributed by atoms with Crippen molar-refractivity contribution in [2.24, 2.45) is 0 Å². The number of rotatable bonds is 78. The molecule has 1 aliphatic carbocycles. The van der Waals surface area contributed by atoms with Gasteiger partial charge >= 0.3 is 5.97 Å². The molecular weight excluding hydrogens is 1430 g/mol. The Kier molecular flexibility index (Phi) is 57.7. The molecule has 0 spiro atoms. The third-order valence-corrected chi connectivity index (χ3v) is 15.4. The molecule has 0 fully saturated rings. The largest absolute Gasteiger partial charge is 0.481 e. The molecule has 2 aromatic rings. The van der Waals surface area contributed by atoms with Crippen LogP contribution in [0.5, 0.6) is 0 Å². The molecule has 4 rings (SSSR count). The Labute approximate surface area is 627 Å². The molecule has 107 heavy (non-hydrogen) atoms. The molecule has 0 atom stereocenters. The minimum absolute atomic E-state index is 0.0145. The van der Waals surface area contributed by atoms with Crippen molar-refractivity contribution in [3.63, 3.8) is 0 Å². The fourth-order valence-electron chi connectivity index (χ4n) is 9.19. The highest BCUT2D eigenvalue weighted by atomic mass is 32.2. The van der Waals surface area contributed by atoms with Gasteiger partial charge in [-0.05, 0) is 48.9 Å². The van der Waals surface area contributed by atoms with E-state index in [0.29, 0.717) is 337 Å². The van der Waals surface area contributed by atoms with Gasteiger partial charge in [-0.15, -0.1) is 0 Å². The average Bonchev–Trinajstić information content (AvgIpc) is 0.733. The Balaban J connectivity index is 0.748. The number of anilines is 1. The maximum Gasteiger partial charge on any atom is 0.305 e. The molecule has 1 heterocycles. The zero-order valence-electron chi connectivity index (χ0n) is 62.2. The van der Waals surface area contributed by atoms with Crippen molar-refractivity contribution >= 4 is 38.7 Å². The standard InChI is InChI=1S/C72H117N3O31S/c1-60-65(73)7-5-63-68(64-6-8-66(74)71(107(79,80)81)70(64)106-69(60)63)61-3-2-4-62(59-61)72(78)75-10-12-83-14-16-85-18-20-87-22-24-89-26-28-91-30-32-93-34-36-95-38-40-97-42-44-99-46-48-101-50-52-103-54-56-105-58-57-104-55-53-102-51-49-100-47-45-98-43-41-96-39-37-94-35-33-92-31-29-90-27-25-88-23-21-86-19-17-84-15-13-82-11-9-67(76)77/h2-8,59,73H,9-58,74H2,1H3,(H,75,78)(H,76,77)(H,79,80,81). The Morgan fingerprint density at radius 2 is 0.682 bits per heavy atom. The molecule has 1 aliphatic heterocycles. The molecule has 34 nitrogen and oxygen atoms in total. The first kappa shape index (κ1) is 94.2. The number of carbonyl (C=O) groups is 2. The second-order valence-corrected chi connectivity index (χ2v) is 24.0. The van der Waals surface area contributed by atoms with E-state index in [9.17, 15) is 22.6 Å². The number of carbonyl (C=O) groups excluding carboxylic acids is 1. The van der Waals surface area contributed by atoms with Crippen LogP contribution >= 0.6 is 0 Å². The molecule has 2 aromatic carbocycles. The lowest BCUT2D eigenvalue weighted by atomic mass is 9.91. The summed E-state index contributed by atoms with van der Waals surface area (Å²) in [6, 6.07) is 13.1. The lowest BCUT2D eigenvalue weighted by molar-refractivity contribution is -0.138. The van der Waals surface area contributed by atoms with Crippen LogP contribution < -0.4 is 16.4 Å². The van der Waals surface area contributed by atoms with Crippen molar-refractivity contribution in [3.8, 4) is 22.5 Å². The highest BCUT2D eigenvalue weighted by molar-refractivity contribution is 7.86. The zero-order valence-corrected chi connectivity index (χ0v) is 63.0. The van der Waals surface area contributed by atoms with Crippen molar-refractivity contribution < 1.29 is 146 Å². The first-order valence-electron chi connectivity index (χ1n) is 36.3. The van der Waals surface area contributed by atoms with Gasteiger partial charge in [0, 0.05) is 34.2 Å². The third-order valence-electron chi connectivity index (χ3n) is 14.5. The summed E-state index contributed by atoms with van der Waals surface area (Å²) in [5.74, 6) is -0.984. The molecule has 35 heteroatoms. The topological polar surface area (TPSA) is 405 Å². The van der Waals surface area contributed by atoms with Crippen LogP contribution in [0.1, 0.15) is 22.3 Å². The molecule has 2 aliphatic rings. The van der Waals surface area contributed by atoms with E-state index in [1.54, 1.807) is 49.4 Å². The molecule has 0 saturated heterocycles. The van der Waals surface area contributed by atoms with Crippen LogP contribution in [0.15, 0.2) is 57.8 Å². The molecule has 6 N–H and O–H groups in total. The summed E-state index contributed by atoms with van der Waals surface area (Å²) in [6.45, 7) is 22.9. The number of fused-ring (bicyclic) bond motifs is 2. The van der Waals surface area contributed by atoms with Gasteiger partial charge in [0.2, 0.25) is 0 Å². The minimum Gasteiger partial charge on any atom is -0.481 e. The monoisotopic (exact) mass is 1550 g/mol. The van der Waals surface area contributed by atoms with E-state index < -0.39 is 21.0 Å². The number of ether oxygens (including phenoxy) is 24. The summed E-state index contributed by atoms with van der Waals surface area (Å²) in [6.07, 6.45) is -0.0145. The van der Waals surface area contributed by atoms with Gasteiger partial charge < -0.3 is 140 Å². The molecule has 0 bridgehead atoms. The highest BCUT2D eigenvalue weighted by Gasteiger charge is 2.27. The summed E-state index contributed by atoms with van der Waals surface area (Å²) in [5.41, 5.74) is 8.14. The van der Waals surface area contributed by atoms with Crippen molar-refractivity contribution in [3.05, 3.63) is 65.0 Å². The average molecular weight is 1550 g/mol. The number of nitrogens with one attached hydrogen (secondary N) is 2. The highest BCUT2D eigenvalue weighted by Crippen LogP contribution is 2.44. The van der Waals surface area contributed by atoms with Crippen molar-refractivity contribution in [1.82, 2.24) is 5.32 Å². The predicted octanol–water partition coefficient (Wildman–Crippen LogP) is 3.42. The maximum atomic E-state index is 13.2. The van der Waals surface area contributed by atoms with Gasteiger partial charge in [-0.2, -0.15) is 8.42 Å².